The fourth-order valence-corrected chi connectivity index (χ4v) is 5.13. The third-order valence-corrected chi connectivity index (χ3v) is 6.22. The second-order valence-electron chi connectivity index (χ2n) is 8.51. The first-order valence-electron chi connectivity index (χ1n) is 10.0. The van der Waals surface area contributed by atoms with Crippen molar-refractivity contribution < 1.29 is 23.5 Å². The number of nitrogens with one attached hydrogen (secondary N) is 2. The average Bonchev–Trinajstić information content (AvgIpc) is 3.22. The molecular weight excluding hydrogens is 377 g/mol. The van der Waals surface area contributed by atoms with Gasteiger partial charge in [0.1, 0.15) is 11.4 Å². The molecule has 0 radical (unpaired) electrons. The summed E-state index contributed by atoms with van der Waals surface area (Å²) < 4.78 is 19.1. The summed E-state index contributed by atoms with van der Waals surface area (Å²) >= 11 is 0. The van der Waals surface area contributed by atoms with E-state index in [1.807, 2.05) is 13.8 Å². The number of nitrogens with zero attached hydrogens (tertiary/aromatic N) is 1. The molecule has 1 spiro atoms. The molecule has 3 heterocycles. The normalized spacial score (nSPS) is 30.4. The van der Waals surface area contributed by atoms with Crippen LogP contribution in [0, 0.1) is 23.6 Å². The number of imide groups is 1. The molecule has 1 aromatic carbocycles. The van der Waals surface area contributed by atoms with E-state index in [1.54, 1.807) is 7.11 Å². The Labute approximate surface area is 169 Å². The predicted molar refractivity (Wildman–Crippen MR) is 103 cm³/mol. The maximum atomic E-state index is 14.1. The third kappa shape index (κ3) is 2.88. The summed E-state index contributed by atoms with van der Waals surface area (Å²) in [4.78, 5) is 41.0. The smallest absolute Gasteiger partial charge is 0.250 e. The lowest BCUT2D eigenvalue weighted by Crippen LogP contribution is -2.53. The molecule has 2 saturated heterocycles. The van der Waals surface area contributed by atoms with E-state index in [1.165, 1.54) is 23.1 Å². The van der Waals surface area contributed by atoms with Gasteiger partial charge in [-0.15, -0.1) is 0 Å². The maximum Gasteiger partial charge on any atom is 0.250 e. The number of ether oxygens (including phenoxy) is 1. The number of anilines is 1. The van der Waals surface area contributed by atoms with Crippen LogP contribution in [-0.4, -0.2) is 48.9 Å². The van der Waals surface area contributed by atoms with Gasteiger partial charge in [0.2, 0.25) is 17.7 Å². The highest BCUT2D eigenvalue weighted by molar-refractivity contribution is 6.15. The van der Waals surface area contributed by atoms with Gasteiger partial charge in [0.15, 0.2) is 0 Å². The zero-order chi connectivity index (χ0) is 20.9. The summed E-state index contributed by atoms with van der Waals surface area (Å²) in [6.45, 7) is 4.74. The molecule has 0 aliphatic carbocycles. The van der Waals surface area contributed by atoms with E-state index in [-0.39, 0.29) is 30.3 Å². The van der Waals surface area contributed by atoms with Gasteiger partial charge in [-0.3, -0.25) is 24.6 Å². The lowest BCUT2D eigenvalue weighted by atomic mass is 9.76. The van der Waals surface area contributed by atoms with Crippen LogP contribution in [0.2, 0.25) is 0 Å². The molecule has 0 bridgehead atoms. The second kappa shape index (κ2) is 7.18. The summed E-state index contributed by atoms with van der Waals surface area (Å²) in [5.41, 5.74) is -0.542. The van der Waals surface area contributed by atoms with E-state index in [9.17, 15) is 18.8 Å². The molecule has 3 aliphatic rings. The zero-order valence-electron chi connectivity index (χ0n) is 16.8. The van der Waals surface area contributed by atoms with Gasteiger partial charge in [-0.25, -0.2) is 4.39 Å². The lowest BCUT2D eigenvalue weighted by molar-refractivity contribution is -0.143. The first-order chi connectivity index (χ1) is 13.8. The molecule has 0 aromatic heterocycles. The summed E-state index contributed by atoms with van der Waals surface area (Å²) in [6.07, 6.45) is 1.16. The van der Waals surface area contributed by atoms with Crippen molar-refractivity contribution in [2.45, 2.75) is 38.3 Å². The molecule has 0 unspecified atom stereocenters. The molecule has 4 atom stereocenters. The minimum absolute atomic E-state index is 0.251. The van der Waals surface area contributed by atoms with E-state index in [0.29, 0.717) is 30.7 Å². The Kier molecular flexibility index (Phi) is 4.94. The fraction of sp³-hybridized carbons (Fsp3) is 0.571. The standard InChI is InChI=1S/C21H26FN3O4/c1-11(2)9-15-16-17(19(27)25(18(16)26)7-4-8-29-3)21(24-15)13-10-12(22)5-6-14(13)23-20(21)28/h5-6,10-11,15-17,24H,4,7-9H2,1-3H3,(H,23,28)/t15-,16+,17-,21+/m0/s1. The minimum atomic E-state index is -1.43. The topological polar surface area (TPSA) is 87.7 Å². The van der Waals surface area contributed by atoms with Crippen molar-refractivity contribution in [2.75, 3.05) is 25.6 Å². The maximum absolute atomic E-state index is 14.1. The molecule has 7 nitrogen and oxygen atoms in total. The molecule has 4 rings (SSSR count). The molecule has 0 saturated carbocycles. The van der Waals surface area contributed by atoms with Crippen LogP contribution in [0.4, 0.5) is 10.1 Å². The van der Waals surface area contributed by atoms with Crippen LogP contribution < -0.4 is 10.6 Å². The van der Waals surface area contributed by atoms with Crippen molar-refractivity contribution >= 4 is 23.4 Å². The number of likely N-dealkylation sites (tertiary alicyclic amines) is 1. The zero-order valence-corrected chi connectivity index (χ0v) is 16.8. The lowest BCUT2D eigenvalue weighted by Gasteiger charge is -2.29. The van der Waals surface area contributed by atoms with Crippen molar-refractivity contribution in [1.29, 1.82) is 0 Å². The number of fused-ring (bicyclic) bond motifs is 4. The van der Waals surface area contributed by atoms with E-state index in [0.717, 1.165) is 0 Å². The molecule has 2 N–H and O–H groups in total. The van der Waals surface area contributed by atoms with Crippen molar-refractivity contribution in [3.63, 3.8) is 0 Å². The minimum Gasteiger partial charge on any atom is -0.385 e. The van der Waals surface area contributed by atoms with Gasteiger partial charge < -0.3 is 10.1 Å². The largest absolute Gasteiger partial charge is 0.385 e. The Balaban J connectivity index is 1.79. The first kappa shape index (κ1) is 20.0. The Morgan fingerprint density at radius 2 is 2.00 bits per heavy atom. The number of carbonyl (C=O) groups is 3. The number of rotatable bonds is 6. The third-order valence-electron chi connectivity index (χ3n) is 6.22. The fourth-order valence-electron chi connectivity index (χ4n) is 5.13. The van der Waals surface area contributed by atoms with Crippen molar-refractivity contribution in [1.82, 2.24) is 10.2 Å². The highest BCUT2D eigenvalue weighted by Crippen LogP contribution is 2.53. The van der Waals surface area contributed by atoms with Crippen LogP contribution in [-0.2, 0) is 24.7 Å². The van der Waals surface area contributed by atoms with Crippen molar-refractivity contribution in [3.05, 3.63) is 29.6 Å². The Morgan fingerprint density at radius 3 is 2.69 bits per heavy atom. The highest BCUT2D eigenvalue weighted by Gasteiger charge is 2.70. The number of amides is 3. The summed E-state index contributed by atoms with van der Waals surface area (Å²) in [5.74, 6) is -2.80. The van der Waals surface area contributed by atoms with Gasteiger partial charge in [0.25, 0.3) is 0 Å². The highest BCUT2D eigenvalue weighted by atomic mass is 19.1. The Bertz CT molecular complexity index is 873. The number of halogens is 1. The number of methoxy groups -OCH3 is 1. The van der Waals surface area contributed by atoms with Crippen molar-refractivity contribution in [3.8, 4) is 0 Å². The van der Waals surface area contributed by atoms with Crippen molar-refractivity contribution in [2.24, 2.45) is 17.8 Å². The summed E-state index contributed by atoms with van der Waals surface area (Å²) in [5, 5.41) is 6.09. The van der Waals surface area contributed by atoms with E-state index < -0.39 is 29.1 Å². The SMILES string of the molecule is COCCCN1C(=O)[C@@H]2[C@H](CC(C)C)N[C@@]3(C(=O)Nc4ccc(F)cc43)[C@@H]2C1=O. The van der Waals surface area contributed by atoms with Crippen LogP contribution in [0.15, 0.2) is 18.2 Å². The van der Waals surface area contributed by atoms with Gasteiger partial charge in [-0.1, -0.05) is 13.8 Å². The van der Waals surface area contributed by atoms with Gasteiger partial charge in [0.05, 0.1) is 11.8 Å². The van der Waals surface area contributed by atoms with Crippen LogP contribution in [0.25, 0.3) is 0 Å². The van der Waals surface area contributed by atoms with E-state index in [4.69, 9.17) is 4.74 Å². The number of hydrogen-bond donors (Lipinski definition) is 2. The molecule has 2 fully saturated rings. The quantitative estimate of drug-likeness (QED) is 0.557. The molecule has 1 aromatic rings. The average molecular weight is 403 g/mol. The molecule has 3 aliphatic heterocycles. The molecule has 29 heavy (non-hydrogen) atoms. The second-order valence-corrected chi connectivity index (χ2v) is 8.51. The van der Waals surface area contributed by atoms with Crippen LogP contribution in [0.5, 0.6) is 0 Å². The number of hydrogen-bond acceptors (Lipinski definition) is 5. The van der Waals surface area contributed by atoms with Gasteiger partial charge in [0, 0.05) is 37.6 Å². The monoisotopic (exact) mass is 403 g/mol. The molecule has 8 heteroatoms. The van der Waals surface area contributed by atoms with Gasteiger partial charge >= 0.3 is 0 Å². The van der Waals surface area contributed by atoms with Gasteiger partial charge in [-0.2, -0.15) is 0 Å². The Hall–Kier alpha value is -2.32. The van der Waals surface area contributed by atoms with Gasteiger partial charge in [-0.05, 0) is 37.0 Å². The molecular formula is C21H26FN3O4. The number of benzene rings is 1. The van der Waals surface area contributed by atoms with E-state index >= 15 is 0 Å². The molecule has 3 amide bonds. The predicted octanol–water partition coefficient (Wildman–Crippen LogP) is 1.63. The first-order valence-corrected chi connectivity index (χ1v) is 10.0. The van der Waals surface area contributed by atoms with Crippen LogP contribution in [0.1, 0.15) is 32.3 Å². The van der Waals surface area contributed by atoms with E-state index in [2.05, 4.69) is 10.6 Å². The summed E-state index contributed by atoms with van der Waals surface area (Å²) in [7, 11) is 1.56. The number of carbonyl (C=O) groups excluding carboxylic acids is 3. The van der Waals surface area contributed by atoms with Crippen LogP contribution >= 0.6 is 0 Å². The molecule has 156 valence electrons. The summed E-state index contributed by atoms with van der Waals surface area (Å²) in [6, 6.07) is 3.72. The Morgan fingerprint density at radius 1 is 1.24 bits per heavy atom. The van der Waals surface area contributed by atoms with Crippen LogP contribution in [0.3, 0.4) is 0 Å².